The van der Waals surface area contributed by atoms with E-state index in [-0.39, 0.29) is 6.10 Å². The molecule has 5 aliphatic carbocycles. The van der Waals surface area contributed by atoms with Crippen LogP contribution in [0.2, 0.25) is 0 Å². The first-order chi connectivity index (χ1) is 12.1. The van der Waals surface area contributed by atoms with E-state index in [1.54, 1.807) is 0 Å². The lowest BCUT2D eigenvalue weighted by Gasteiger charge is -2.62. The predicted molar refractivity (Wildman–Crippen MR) is 98.5 cm³/mol. The number of nitriles is 1. The van der Waals surface area contributed by atoms with E-state index in [9.17, 15) is 10.4 Å². The Bertz CT molecular complexity index is 581. The molecule has 0 saturated heterocycles. The molecule has 5 saturated carbocycles. The van der Waals surface area contributed by atoms with Crippen molar-refractivity contribution in [3.63, 3.8) is 0 Å². The summed E-state index contributed by atoms with van der Waals surface area (Å²) in [7, 11) is 0. The molecule has 0 aromatic heterocycles. The van der Waals surface area contributed by atoms with Crippen molar-refractivity contribution in [2.24, 2.45) is 46.3 Å². The lowest BCUT2D eigenvalue weighted by atomic mass is 9.43. The zero-order valence-corrected chi connectivity index (χ0v) is 15.9. The standard InChI is InChI=1S/C23H35NO/c1-22-9-7-18(25)13-16(22)2-4-19-20(22)8-11-23-10-6-15(14-24)12-17(23)3-5-21(19)23/h15-21,25H,2-13H2,1H3/t15?,16-,17+,18+,19?,20?,21?,22-,23+/m0/s1. The molecule has 0 bridgehead atoms. The van der Waals surface area contributed by atoms with Crippen molar-refractivity contribution in [1.82, 2.24) is 0 Å². The van der Waals surface area contributed by atoms with E-state index >= 15 is 0 Å². The summed E-state index contributed by atoms with van der Waals surface area (Å²) >= 11 is 0. The van der Waals surface area contributed by atoms with E-state index < -0.39 is 0 Å². The van der Waals surface area contributed by atoms with Crippen LogP contribution < -0.4 is 0 Å². The van der Waals surface area contributed by atoms with Crippen molar-refractivity contribution in [2.75, 3.05) is 0 Å². The summed E-state index contributed by atoms with van der Waals surface area (Å²) in [5, 5.41) is 19.6. The highest BCUT2D eigenvalue weighted by atomic mass is 16.3. The molecule has 0 aromatic carbocycles. The highest BCUT2D eigenvalue weighted by Crippen LogP contribution is 2.70. The predicted octanol–water partition coefficient (Wildman–Crippen LogP) is 5.31. The van der Waals surface area contributed by atoms with Gasteiger partial charge in [-0.05, 0) is 117 Å². The normalized spacial score (nSPS) is 57.6. The van der Waals surface area contributed by atoms with Crippen LogP contribution in [-0.2, 0) is 0 Å². The van der Waals surface area contributed by atoms with Crippen LogP contribution in [0.3, 0.4) is 0 Å². The average molecular weight is 342 g/mol. The van der Waals surface area contributed by atoms with E-state index in [0.29, 0.717) is 16.7 Å². The Hall–Kier alpha value is -0.550. The third-order valence-electron chi connectivity index (χ3n) is 10.2. The van der Waals surface area contributed by atoms with Gasteiger partial charge in [-0.3, -0.25) is 0 Å². The molecule has 0 amide bonds. The summed E-state index contributed by atoms with van der Waals surface area (Å²) in [6, 6.07) is 2.59. The van der Waals surface area contributed by atoms with Gasteiger partial charge in [-0.2, -0.15) is 5.26 Å². The van der Waals surface area contributed by atoms with Gasteiger partial charge in [0.15, 0.2) is 0 Å². The molecule has 0 radical (unpaired) electrons. The van der Waals surface area contributed by atoms with Crippen molar-refractivity contribution in [3.05, 3.63) is 0 Å². The Labute approximate surface area is 153 Å². The molecule has 25 heavy (non-hydrogen) atoms. The molecular weight excluding hydrogens is 306 g/mol. The maximum Gasteiger partial charge on any atom is 0.0655 e. The van der Waals surface area contributed by atoms with Gasteiger partial charge in [0.05, 0.1) is 12.2 Å². The smallest absolute Gasteiger partial charge is 0.0655 e. The number of rotatable bonds is 0. The molecule has 2 heteroatoms. The summed E-state index contributed by atoms with van der Waals surface area (Å²) in [4.78, 5) is 0. The van der Waals surface area contributed by atoms with Gasteiger partial charge in [-0.25, -0.2) is 0 Å². The van der Waals surface area contributed by atoms with E-state index in [2.05, 4.69) is 13.0 Å². The molecule has 5 aliphatic rings. The highest BCUT2D eigenvalue weighted by molar-refractivity contribution is 5.12. The fourth-order valence-electron chi connectivity index (χ4n) is 9.04. The first kappa shape index (κ1) is 16.6. The molecule has 1 spiro atoms. The molecular formula is C23H35NO. The molecule has 4 unspecified atom stereocenters. The van der Waals surface area contributed by atoms with Gasteiger partial charge in [-0.15, -0.1) is 0 Å². The number of aliphatic hydroxyl groups is 1. The molecule has 9 atom stereocenters. The first-order valence-electron chi connectivity index (χ1n) is 11.1. The Kier molecular flexibility index (Phi) is 3.80. The summed E-state index contributed by atoms with van der Waals surface area (Å²) < 4.78 is 0. The van der Waals surface area contributed by atoms with Gasteiger partial charge in [-0.1, -0.05) is 6.92 Å². The first-order valence-corrected chi connectivity index (χ1v) is 11.1. The van der Waals surface area contributed by atoms with Crippen molar-refractivity contribution >= 4 is 0 Å². The highest BCUT2D eigenvalue weighted by Gasteiger charge is 2.62. The molecule has 138 valence electrons. The second-order valence-electron chi connectivity index (χ2n) is 10.7. The summed E-state index contributed by atoms with van der Waals surface area (Å²) in [5.74, 6) is 4.81. The SMILES string of the molecule is C[C@]12CC[C@@H](O)C[C@@H]1CCC1C3CC[C@@H]4CC(C#N)CC[C@]34CCC12. The Morgan fingerprint density at radius 1 is 0.840 bits per heavy atom. The van der Waals surface area contributed by atoms with Crippen molar-refractivity contribution in [1.29, 1.82) is 5.26 Å². The minimum atomic E-state index is -0.0262. The van der Waals surface area contributed by atoms with Crippen LogP contribution in [0.25, 0.3) is 0 Å². The summed E-state index contributed by atoms with van der Waals surface area (Å²) in [6.45, 7) is 2.59. The van der Waals surface area contributed by atoms with Gasteiger partial charge >= 0.3 is 0 Å². The fraction of sp³-hybridized carbons (Fsp3) is 0.957. The topological polar surface area (TPSA) is 44.0 Å². The third-order valence-corrected chi connectivity index (χ3v) is 10.2. The second-order valence-corrected chi connectivity index (χ2v) is 10.7. The number of nitrogens with zero attached hydrogens (tertiary/aromatic N) is 1. The van der Waals surface area contributed by atoms with Gasteiger partial charge in [0.2, 0.25) is 0 Å². The van der Waals surface area contributed by atoms with Crippen molar-refractivity contribution in [2.45, 2.75) is 90.1 Å². The van der Waals surface area contributed by atoms with Crippen LogP contribution in [0.4, 0.5) is 0 Å². The second kappa shape index (κ2) is 5.72. The van der Waals surface area contributed by atoms with Crippen LogP contribution in [-0.4, -0.2) is 11.2 Å². The lowest BCUT2D eigenvalue weighted by Crippen LogP contribution is -2.55. The molecule has 2 nitrogen and oxygen atoms in total. The maximum atomic E-state index is 10.2. The monoisotopic (exact) mass is 341 g/mol. The average Bonchev–Trinajstić information content (AvgIpc) is 3.01. The van der Waals surface area contributed by atoms with Gasteiger partial charge in [0, 0.05) is 5.92 Å². The van der Waals surface area contributed by atoms with Crippen LogP contribution in [0.1, 0.15) is 84.0 Å². The van der Waals surface area contributed by atoms with Crippen molar-refractivity contribution in [3.8, 4) is 6.07 Å². The minimum absolute atomic E-state index is 0.0262. The third kappa shape index (κ3) is 2.24. The van der Waals surface area contributed by atoms with E-state index in [1.807, 2.05) is 0 Å². The van der Waals surface area contributed by atoms with Crippen LogP contribution in [0.5, 0.6) is 0 Å². The number of hydrogen-bond donors (Lipinski definition) is 1. The number of fused-ring (bicyclic) bond motifs is 4. The minimum Gasteiger partial charge on any atom is -0.393 e. The summed E-state index contributed by atoms with van der Waals surface area (Å²) in [5.41, 5.74) is 1.12. The largest absolute Gasteiger partial charge is 0.393 e. The Morgan fingerprint density at radius 2 is 1.64 bits per heavy atom. The fourth-order valence-corrected chi connectivity index (χ4v) is 9.04. The molecule has 1 N–H and O–H groups in total. The molecule has 5 fully saturated rings. The molecule has 0 aliphatic heterocycles. The zero-order chi connectivity index (χ0) is 17.2. The quantitative estimate of drug-likeness (QED) is 0.649. The Balaban J connectivity index is 1.41. The van der Waals surface area contributed by atoms with Gasteiger partial charge < -0.3 is 5.11 Å². The number of aliphatic hydroxyl groups excluding tert-OH is 1. The molecule has 0 aromatic rings. The van der Waals surface area contributed by atoms with Crippen LogP contribution in [0.15, 0.2) is 0 Å². The van der Waals surface area contributed by atoms with E-state index in [0.717, 1.165) is 42.4 Å². The molecule has 5 rings (SSSR count). The Morgan fingerprint density at radius 3 is 2.48 bits per heavy atom. The zero-order valence-electron chi connectivity index (χ0n) is 15.9. The summed E-state index contributed by atoms with van der Waals surface area (Å²) in [6.07, 6.45) is 15.6. The van der Waals surface area contributed by atoms with Crippen LogP contribution >= 0.6 is 0 Å². The van der Waals surface area contributed by atoms with E-state index in [1.165, 1.54) is 64.2 Å². The van der Waals surface area contributed by atoms with E-state index in [4.69, 9.17) is 0 Å². The molecule has 0 heterocycles. The number of hydrogen-bond acceptors (Lipinski definition) is 2. The lowest BCUT2D eigenvalue weighted by molar-refractivity contribution is -0.137. The van der Waals surface area contributed by atoms with Crippen LogP contribution in [0, 0.1) is 57.7 Å². The van der Waals surface area contributed by atoms with Gasteiger partial charge in [0.1, 0.15) is 0 Å². The van der Waals surface area contributed by atoms with Gasteiger partial charge in [0.25, 0.3) is 0 Å². The maximum absolute atomic E-state index is 10.2. The van der Waals surface area contributed by atoms with Crippen molar-refractivity contribution < 1.29 is 5.11 Å².